The highest BCUT2D eigenvalue weighted by molar-refractivity contribution is 6.35. The van der Waals surface area contributed by atoms with Crippen molar-refractivity contribution in [2.75, 3.05) is 5.32 Å². The molecule has 5 nitrogen and oxygen atoms in total. The van der Waals surface area contributed by atoms with Crippen LogP contribution in [0.15, 0.2) is 90.5 Å². The molecular formula is C27H16Cl2N2O3. The number of anilines is 1. The van der Waals surface area contributed by atoms with Gasteiger partial charge in [-0.1, -0.05) is 71.7 Å². The molecule has 0 bridgehead atoms. The van der Waals surface area contributed by atoms with E-state index in [2.05, 4.69) is 5.32 Å². The molecule has 0 heterocycles. The van der Waals surface area contributed by atoms with Crippen molar-refractivity contribution < 1.29 is 14.3 Å². The monoisotopic (exact) mass is 486 g/mol. The van der Waals surface area contributed by atoms with Crippen molar-refractivity contribution in [1.82, 2.24) is 0 Å². The Kier molecular flexibility index (Phi) is 6.93. The average molecular weight is 487 g/mol. The molecule has 4 aromatic carbocycles. The second-order valence-electron chi connectivity index (χ2n) is 7.27. The zero-order valence-electron chi connectivity index (χ0n) is 17.6. The lowest BCUT2D eigenvalue weighted by molar-refractivity contribution is -0.112. The van der Waals surface area contributed by atoms with Crippen LogP contribution in [0.2, 0.25) is 10.0 Å². The van der Waals surface area contributed by atoms with E-state index in [4.69, 9.17) is 27.9 Å². The molecule has 0 atom stereocenters. The van der Waals surface area contributed by atoms with Gasteiger partial charge in [0.1, 0.15) is 17.4 Å². The molecule has 1 amide bonds. The quantitative estimate of drug-likeness (QED) is 0.144. The zero-order chi connectivity index (χ0) is 24.1. The third kappa shape index (κ3) is 5.44. The van der Waals surface area contributed by atoms with Crippen LogP contribution in [0.25, 0.3) is 16.8 Å². The summed E-state index contributed by atoms with van der Waals surface area (Å²) in [6, 6.07) is 26.0. The van der Waals surface area contributed by atoms with Gasteiger partial charge in [-0.2, -0.15) is 5.26 Å². The molecule has 0 aromatic heterocycles. The average Bonchev–Trinajstić information content (AvgIpc) is 2.82. The minimum atomic E-state index is -0.604. The summed E-state index contributed by atoms with van der Waals surface area (Å²) < 4.78 is 5.51. The predicted molar refractivity (Wildman–Crippen MR) is 134 cm³/mol. The van der Waals surface area contributed by atoms with Crippen LogP contribution in [0.3, 0.4) is 0 Å². The number of ether oxygens (including phenoxy) is 1. The van der Waals surface area contributed by atoms with Crippen molar-refractivity contribution in [2.45, 2.75) is 0 Å². The van der Waals surface area contributed by atoms with Gasteiger partial charge in [-0.25, -0.2) is 4.79 Å². The first-order chi connectivity index (χ1) is 16.4. The lowest BCUT2D eigenvalue weighted by atomic mass is 10.0. The number of amides is 1. The molecule has 0 radical (unpaired) electrons. The summed E-state index contributed by atoms with van der Waals surface area (Å²) in [5.74, 6) is -0.740. The molecule has 34 heavy (non-hydrogen) atoms. The Hall–Kier alpha value is -4.11. The van der Waals surface area contributed by atoms with Crippen LogP contribution >= 0.6 is 23.2 Å². The smallest absolute Gasteiger partial charge is 0.344 e. The van der Waals surface area contributed by atoms with E-state index in [1.54, 1.807) is 36.4 Å². The fourth-order valence-electron chi connectivity index (χ4n) is 3.34. The number of carbonyl (C=O) groups excluding carboxylic acids is 2. The molecular weight excluding hydrogens is 471 g/mol. The SMILES string of the molecule is N#CC(=Cc1ccc(OC(=O)c2cccc3ccccc23)cc1)C(=O)Nc1cc(Cl)cc(Cl)c1. The summed E-state index contributed by atoms with van der Waals surface area (Å²) in [6.07, 6.45) is 1.43. The van der Waals surface area contributed by atoms with Gasteiger partial charge in [0.05, 0.1) is 5.56 Å². The standard InChI is InChI=1S/C27H16Cl2N2O3/c28-20-13-21(29)15-22(14-20)31-26(32)19(16-30)12-17-8-10-23(11-9-17)34-27(33)25-7-3-5-18-4-1-2-6-24(18)25/h1-15H,(H,31,32). The molecule has 4 rings (SSSR count). The van der Waals surface area contributed by atoms with Crippen molar-refractivity contribution >= 4 is 57.6 Å². The summed E-state index contributed by atoms with van der Waals surface area (Å²) in [5.41, 5.74) is 1.31. The molecule has 7 heteroatoms. The third-order valence-electron chi connectivity index (χ3n) is 4.90. The van der Waals surface area contributed by atoms with Crippen LogP contribution in [0.4, 0.5) is 5.69 Å². The van der Waals surface area contributed by atoms with Gasteiger partial charge in [0.15, 0.2) is 0 Å². The van der Waals surface area contributed by atoms with Crippen LogP contribution in [-0.2, 0) is 4.79 Å². The van der Waals surface area contributed by atoms with E-state index in [9.17, 15) is 14.9 Å². The number of nitriles is 1. The van der Waals surface area contributed by atoms with Gasteiger partial charge in [-0.05, 0) is 58.8 Å². The summed E-state index contributed by atoms with van der Waals surface area (Å²) in [4.78, 5) is 25.2. The van der Waals surface area contributed by atoms with Crippen LogP contribution in [0.5, 0.6) is 5.75 Å². The number of halogens is 2. The number of rotatable bonds is 5. The van der Waals surface area contributed by atoms with E-state index in [1.807, 2.05) is 36.4 Å². The molecule has 0 spiro atoms. The van der Waals surface area contributed by atoms with Gasteiger partial charge in [-0.3, -0.25) is 4.79 Å². The maximum Gasteiger partial charge on any atom is 0.344 e. The highest BCUT2D eigenvalue weighted by Crippen LogP contribution is 2.24. The Morgan fingerprint density at radius 1 is 0.882 bits per heavy atom. The second kappa shape index (κ2) is 10.2. The zero-order valence-corrected chi connectivity index (χ0v) is 19.1. The Balaban J connectivity index is 1.48. The minimum Gasteiger partial charge on any atom is -0.423 e. The summed E-state index contributed by atoms with van der Waals surface area (Å²) in [7, 11) is 0. The normalized spacial score (nSPS) is 11.0. The molecule has 1 N–H and O–H groups in total. The van der Waals surface area contributed by atoms with E-state index >= 15 is 0 Å². The Bertz CT molecular complexity index is 1450. The van der Waals surface area contributed by atoms with E-state index in [-0.39, 0.29) is 5.57 Å². The van der Waals surface area contributed by atoms with E-state index in [1.165, 1.54) is 24.3 Å². The summed E-state index contributed by atoms with van der Waals surface area (Å²) >= 11 is 11.9. The van der Waals surface area contributed by atoms with Gasteiger partial charge < -0.3 is 10.1 Å². The predicted octanol–water partition coefficient (Wildman–Crippen LogP) is 6.91. The summed E-state index contributed by atoms with van der Waals surface area (Å²) in [5, 5.41) is 14.5. The first kappa shape index (κ1) is 23.1. The molecule has 0 aliphatic heterocycles. The summed E-state index contributed by atoms with van der Waals surface area (Å²) in [6.45, 7) is 0. The number of benzene rings is 4. The van der Waals surface area contributed by atoms with Gasteiger partial charge in [-0.15, -0.1) is 0 Å². The topological polar surface area (TPSA) is 79.2 Å². The fourth-order valence-corrected chi connectivity index (χ4v) is 3.86. The number of nitrogens with zero attached hydrogens (tertiary/aromatic N) is 1. The molecule has 0 saturated carbocycles. The Labute approximate surface area is 205 Å². The number of nitrogens with one attached hydrogen (secondary N) is 1. The lowest BCUT2D eigenvalue weighted by Crippen LogP contribution is -2.13. The van der Waals surface area contributed by atoms with Gasteiger partial charge in [0.2, 0.25) is 0 Å². The Morgan fingerprint density at radius 3 is 2.26 bits per heavy atom. The molecule has 4 aromatic rings. The van der Waals surface area contributed by atoms with Crippen LogP contribution < -0.4 is 10.1 Å². The van der Waals surface area contributed by atoms with Crippen LogP contribution in [0, 0.1) is 11.3 Å². The highest BCUT2D eigenvalue weighted by atomic mass is 35.5. The fraction of sp³-hybridized carbons (Fsp3) is 0. The van der Waals surface area contributed by atoms with E-state index in [0.717, 1.165) is 10.8 Å². The van der Waals surface area contributed by atoms with Crippen molar-refractivity contribution in [3.05, 3.63) is 112 Å². The molecule has 0 saturated heterocycles. The maximum absolute atomic E-state index is 12.7. The van der Waals surface area contributed by atoms with Gasteiger partial charge in [0.25, 0.3) is 5.91 Å². The molecule has 0 fully saturated rings. The van der Waals surface area contributed by atoms with Crippen molar-refractivity contribution in [3.63, 3.8) is 0 Å². The van der Waals surface area contributed by atoms with Crippen molar-refractivity contribution in [1.29, 1.82) is 5.26 Å². The third-order valence-corrected chi connectivity index (χ3v) is 5.33. The van der Waals surface area contributed by atoms with E-state index < -0.39 is 11.9 Å². The van der Waals surface area contributed by atoms with Gasteiger partial charge in [0, 0.05) is 15.7 Å². The van der Waals surface area contributed by atoms with Crippen molar-refractivity contribution in [2.24, 2.45) is 0 Å². The van der Waals surface area contributed by atoms with Crippen LogP contribution in [-0.4, -0.2) is 11.9 Å². The number of esters is 1. The number of hydrogen-bond acceptors (Lipinski definition) is 4. The molecule has 0 aliphatic rings. The largest absolute Gasteiger partial charge is 0.423 e. The maximum atomic E-state index is 12.7. The second-order valence-corrected chi connectivity index (χ2v) is 8.14. The molecule has 166 valence electrons. The molecule has 0 unspecified atom stereocenters. The minimum absolute atomic E-state index is 0.114. The Morgan fingerprint density at radius 2 is 1.56 bits per heavy atom. The first-order valence-corrected chi connectivity index (χ1v) is 10.9. The van der Waals surface area contributed by atoms with Gasteiger partial charge >= 0.3 is 5.97 Å². The first-order valence-electron chi connectivity index (χ1n) is 10.1. The van der Waals surface area contributed by atoms with Crippen molar-refractivity contribution in [3.8, 4) is 11.8 Å². The van der Waals surface area contributed by atoms with E-state index in [0.29, 0.717) is 32.6 Å². The molecule has 0 aliphatic carbocycles. The number of hydrogen-bond donors (Lipinski definition) is 1. The number of carbonyl (C=O) groups is 2. The lowest BCUT2D eigenvalue weighted by Gasteiger charge is -2.08. The number of fused-ring (bicyclic) bond motifs is 1. The highest BCUT2D eigenvalue weighted by Gasteiger charge is 2.13. The van der Waals surface area contributed by atoms with Crippen LogP contribution in [0.1, 0.15) is 15.9 Å².